The molecule has 0 aromatic carbocycles. The maximum Gasteiger partial charge on any atom is 0.236 e. The molecule has 0 spiro atoms. The topological polar surface area (TPSA) is 98.1 Å². The minimum absolute atomic E-state index is 0.0777. The first-order valence-corrected chi connectivity index (χ1v) is 6.11. The van der Waals surface area contributed by atoms with Crippen molar-refractivity contribution in [3.8, 4) is 0 Å². The molecule has 0 aliphatic carbocycles. The molecule has 0 unspecified atom stereocenters. The number of anilines is 1. The largest absolute Gasteiger partial charge is 0.388 e. The molecule has 98 valence electrons. The summed E-state index contributed by atoms with van der Waals surface area (Å²) in [6.07, 6.45) is 4.97. The second-order valence-electron chi connectivity index (χ2n) is 3.83. The number of carbonyl (C=O) groups excluding carboxylic acids is 1. The lowest BCUT2D eigenvalue weighted by atomic mass is 10.3. The third kappa shape index (κ3) is 3.92. The number of rotatable bonds is 7. The van der Waals surface area contributed by atoms with Gasteiger partial charge in [-0.2, -0.15) is 0 Å². The maximum atomic E-state index is 11.1. The third-order valence-corrected chi connectivity index (χ3v) is 2.53. The van der Waals surface area contributed by atoms with Crippen molar-refractivity contribution >= 4 is 28.9 Å². The van der Waals surface area contributed by atoms with E-state index < -0.39 is 5.91 Å². The van der Waals surface area contributed by atoms with Crippen molar-refractivity contribution in [1.82, 2.24) is 9.97 Å². The Labute approximate surface area is 111 Å². The fraction of sp³-hybridized carbons (Fsp3) is 0.455. The summed E-state index contributed by atoms with van der Waals surface area (Å²) >= 11 is 4.93. The second kappa shape index (κ2) is 6.85. The predicted octanol–water partition coefficient (Wildman–Crippen LogP) is 0.203. The summed E-state index contributed by atoms with van der Waals surface area (Å²) in [6.45, 7) is 2.80. The van der Waals surface area contributed by atoms with Crippen LogP contribution in [0, 0.1) is 0 Å². The van der Waals surface area contributed by atoms with Crippen LogP contribution in [-0.2, 0) is 4.79 Å². The van der Waals surface area contributed by atoms with E-state index in [1.54, 1.807) is 4.90 Å². The molecule has 6 nitrogen and oxygen atoms in total. The van der Waals surface area contributed by atoms with Gasteiger partial charge in [0.25, 0.3) is 0 Å². The number of carbonyl (C=O) groups is 1. The number of amides is 1. The predicted molar refractivity (Wildman–Crippen MR) is 74.2 cm³/mol. The van der Waals surface area contributed by atoms with Gasteiger partial charge < -0.3 is 16.4 Å². The van der Waals surface area contributed by atoms with E-state index in [1.807, 2.05) is 0 Å². The molecule has 0 aliphatic rings. The van der Waals surface area contributed by atoms with E-state index in [-0.39, 0.29) is 11.5 Å². The number of primary amides is 1. The Bertz CT molecular complexity index is 437. The number of nitrogens with zero attached hydrogens (tertiary/aromatic N) is 3. The number of hydrogen-bond donors (Lipinski definition) is 2. The van der Waals surface area contributed by atoms with Crippen LogP contribution in [0.4, 0.5) is 5.82 Å². The number of aromatic nitrogens is 2. The van der Waals surface area contributed by atoms with Crippen molar-refractivity contribution < 1.29 is 4.79 Å². The van der Waals surface area contributed by atoms with E-state index in [2.05, 4.69) is 16.9 Å². The van der Waals surface area contributed by atoms with Crippen LogP contribution in [0.15, 0.2) is 12.4 Å². The van der Waals surface area contributed by atoms with Crippen molar-refractivity contribution in [1.29, 1.82) is 0 Å². The van der Waals surface area contributed by atoms with Crippen molar-refractivity contribution in [2.75, 3.05) is 18.0 Å². The molecule has 0 atom stereocenters. The molecule has 4 N–H and O–H groups in total. The van der Waals surface area contributed by atoms with Gasteiger partial charge in [0, 0.05) is 18.9 Å². The lowest BCUT2D eigenvalue weighted by Gasteiger charge is -2.23. The number of nitrogens with two attached hydrogens (primary N) is 2. The van der Waals surface area contributed by atoms with Gasteiger partial charge in [0.05, 0.1) is 6.54 Å². The van der Waals surface area contributed by atoms with Crippen LogP contribution in [0.5, 0.6) is 0 Å². The molecule has 1 aromatic heterocycles. The molecule has 0 radical (unpaired) electrons. The Balaban J connectivity index is 3.03. The molecule has 0 bridgehead atoms. The summed E-state index contributed by atoms with van der Waals surface area (Å²) in [7, 11) is 0. The van der Waals surface area contributed by atoms with Crippen LogP contribution < -0.4 is 16.4 Å². The minimum Gasteiger partial charge on any atom is -0.388 e. The lowest BCUT2D eigenvalue weighted by Crippen LogP contribution is -2.36. The Morgan fingerprint density at radius 2 is 2.06 bits per heavy atom. The first-order valence-electron chi connectivity index (χ1n) is 5.70. The summed E-state index contributed by atoms with van der Waals surface area (Å²) in [4.78, 5) is 21.3. The van der Waals surface area contributed by atoms with Crippen LogP contribution in [0.25, 0.3) is 0 Å². The monoisotopic (exact) mass is 267 g/mol. The summed E-state index contributed by atoms with van der Waals surface area (Å²) in [5.74, 6) is 0.0860. The molecule has 18 heavy (non-hydrogen) atoms. The highest BCUT2D eigenvalue weighted by molar-refractivity contribution is 7.80. The van der Waals surface area contributed by atoms with Gasteiger partial charge in [-0.25, -0.2) is 9.97 Å². The fourth-order valence-corrected chi connectivity index (χ4v) is 1.68. The molecule has 1 aromatic rings. The first-order chi connectivity index (χ1) is 8.56. The van der Waals surface area contributed by atoms with Gasteiger partial charge in [-0.3, -0.25) is 4.79 Å². The molecule has 0 fully saturated rings. The average Bonchev–Trinajstić information content (AvgIpc) is 2.34. The summed E-state index contributed by atoms with van der Waals surface area (Å²) in [5, 5.41) is 0. The Morgan fingerprint density at radius 1 is 1.39 bits per heavy atom. The standard InChI is InChI=1S/C11H17N5OS/c1-2-3-6-16(7-8(12)17)11-9(10(13)18)14-4-5-15-11/h4-5H,2-3,6-7H2,1H3,(H2,12,17)(H2,13,18). The van der Waals surface area contributed by atoms with Gasteiger partial charge in [0.15, 0.2) is 5.82 Å². The average molecular weight is 267 g/mol. The smallest absolute Gasteiger partial charge is 0.236 e. The molecule has 1 rings (SSSR count). The molecular formula is C11H17N5OS. The van der Waals surface area contributed by atoms with Gasteiger partial charge in [-0.05, 0) is 6.42 Å². The summed E-state index contributed by atoms with van der Waals surface area (Å²) in [5.41, 5.74) is 11.3. The zero-order valence-corrected chi connectivity index (χ0v) is 11.1. The van der Waals surface area contributed by atoms with E-state index in [0.717, 1.165) is 12.8 Å². The highest BCUT2D eigenvalue weighted by atomic mass is 32.1. The molecule has 1 heterocycles. The van der Waals surface area contributed by atoms with Crippen molar-refractivity contribution in [2.24, 2.45) is 11.5 Å². The Kier molecular flexibility index (Phi) is 5.44. The van der Waals surface area contributed by atoms with Crippen molar-refractivity contribution in [3.05, 3.63) is 18.1 Å². The number of thiocarbonyl (C=S) groups is 1. The van der Waals surface area contributed by atoms with Crippen LogP contribution >= 0.6 is 12.2 Å². The van der Waals surface area contributed by atoms with Crippen LogP contribution in [-0.4, -0.2) is 34.0 Å². The van der Waals surface area contributed by atoms with Crippen LogP contribution in [0.2, 0.25) is 0 Å². The maximum absolute atomic E-state index is 11.1. The van der Waals surface area contributed by atoms with E-state index in [9.17, 15) is 4.79 Å². The molecule has 0 saturated carbocycles. The van der Waals surface area contributed by atoms with E-state index in [4.69, 9.17) is 23.7 Å². The summed E-state index contributed by atoms with van der Waals surface area (Å²) < 4.78 is 0. The van der Waals surface area contributed by atoms with Gasteiger partial charge in [0.2, 0.25) is 5.91 Å². The van der Waals surface area contributed by atoms with Crippen molar-refractivity contribution in [2.45, 2.75) is 19.8 Å². The SMILES string of the molecule is CCCCN(CC(N)=O)c1nccnc1C(N)=S. The van der Waals surface area contributed by atoms with Crippen LogP contribution in [0.3, 0.4) is 0 Å². The van der Waals surface area contributed by atoms with Crippen LogP contribution in [0.1, 0.15) is 25.5 Å². The molecule has 0 aliphatic heterocycles. The molecular weight excluding hydrogens is 250 g/mol. The van der Waals surface area contributed by atoms with Crippen molar-refractivity contribution in [3.63, 3.8) is 0 Å². The minimum atomic E-state index is -0.425. The van der Waals surface area contributed by atoms with Gasteiger partial charge in [-0.1, -0.05) is 25.6 Å². The van der Waals surface area contributed by atoms with Gasteiger partial charge in [0.1, 0.15) is 10.7 Å². The second-order valence-corrected chi connectivity index (χ2v) is 4.27. The molecule has 7 heteroatoms. The highest BCUT2D eigenvalue weighted by Crippen LogP contribution is 2.15. The quantitative estimate of drug-likeness (QED) is 0.685. The first kappa shape index (κ1) is 14.3. The van der Waals surface area contributed by atoms with E-state index in [0.29, 0.717) is 18.1 Å². The fourth-order valence-electron chi connectivity index (χ4n) is 1.53. The Morgan fingerprint density at radius 3 is 2.61 bits per heavy atom. The summed E-state index contributed by atoms with van der Waals surface area (Å²) in [6, 6.07) is 0. The van der Waals surface area contributed by atoms with E-state index in [1.165, 1.54) is 12.4 Å². The zero-order valence-electron chi connectivity index (χ0n) is 10.3. The normalized spacial score (nSPS) is 10.1. The number of hydrogen-bond acceptors (Lipinski definition) is 5. The van der Waals surface area contributed by atoms with Gasteiger partial charge >= 0.3 is 0 Å². The van der Waals surface area contributed by atoms with E-state index >= 15 is 0 Å². The highest BCUT2D eigenvalue weighted by Gasteiger charge is 2.16. The lowest BCUT2D eigenvalue weighted by molar-refractivity contribution is -0.116. The zero-order chi connectivity index (χ0) is 13.5. The third-order valence-electron chi connectivity index (χ3n) is 2.34. The molecule has 0 saturated heterocycles. The Hall–Kier alpha value is -1.76. The molecule has 1 amide bonds. The van der Waals surface area contributed by atoms with Gasteiger partial charge in [-0.15, -0.1) is 0 Å². The number of unbranched alkanes of at least 4 members (excludes halogenated alkanes) is 1.